The van der Waals surface area contributed by atoms with E-state index in [1.807, 2.05) is 54.6 Å². The van der Waals surface area contributed by atoms with Gasteiger partial charge in [-0.1, -0.05) is 48.5 Å². The molecule has 0 N–H and O–H groups in total. The van der Waals surface area contributed by atoms with Gasteiger partial charge in [0, 0.05) is 12.0 Å². The molecule has 0 bridgehead atoms. The van der Waals surface area contributed by atoms with Crippen LogP contribution in [0.4, 0.5) is 0 Å². The van der Waals surface area contributed by atoms with Crippen LogP contribution in [-0.2, 0) is 16.0 Å². The van der Waals surface area contributed by atoms with E-state index in [4.69, 9.17) is 14.2 Å². The fraction of sp³-hybridized carbons (Fsp3) is 0.120. The average Bonchev–Trinajstić information content (AvgIpc) is 3.16. The van der Waals surface area contributed by atoms with Crippen LogP contribution in [0.3, 0.4) is 0 Å². The van der Waals surface area contributed by atoms with Gasteiger partial charge in [-0.3, -0.25) is 0 Å². The molecule has 156 valence electrons. The Hall–Kier alpha value is -3.38. The minimum absolute atomic E-state index is 0.227. The number of hydrogen-bond donors (Lipinski definition) is 0. The number of carbonyl (C=O) groups is 1. The van der Waals surface area contributed by atoms with Crippen LogP contribution in [-0.4, -0.2) is 25.6 Å². The van der Waals surface area contributed by atoms with E-state index in [9.17, 15) is 4.79 Å². The van der Waals surface area contributed by atoms with Crippen molar-refractivity contribution in [2.75, 3.05) is 13.7 Å². The summed E-state index contributed by atoms with van der Waals surface area (Å²) in [6, 6.07) is 23.1. The van der Waals surface area contributed by atoms with Crippen LogP contribution in [0.5, 0.6) is 11.5 Å². The number of methoxy groups -OCH3 is 1. The molecule has 0 saturated heterocycles. The first-order chi connectivity index (χ1) is 15.1. The van der Waals surface area contributed by atoms with Gasteiger partial charge in [-0.05, 0) is 57.4 Å². The van der Waals surface area contributed by atoms with Gasteiger partial charge < -0.3 is 14.2 Å². The van der Waals surface area contributed by atoms with E-state index >= 15 is 0 Å². The molecule has 0 saturated carbocycles. The average molecular weight is 478 g/mol. The van der Waals surface area contributed by atoms with Crippen LogP contribution in [0.25, 0.3) is 6.08 Å². The normalized spacial score (nSPS) is 14.3. The number of ether oxygens (including phenoxy) is 3. The largest absolute Gasteiger partial charge is 0.493 e. The molecule has 31 heavy (non-hydrogen) atoms. The van der Waals surface area contributed by atoms with Gasteiger partial charge in [0.15, 0.2) is 17.2 Å². The molecular formula is C25H20BrNO4. The summed E-state index contributed by atoms with van der Waals surface area (Å²) < 4.78 is 17.5. The van der Waals surface area contributed by atoms with Gasteiger partial charge in [0.05, 0.1) is 18.2 Å². The van der Waals surface area contributed by atoms with E-state index in [0.29, 0.717) is 24.0 Å². The summed E-state index contributed by atoms with van der Waals surface area (Å²) in [6.07, 6.45) is 2.45. The van der Waals surface area contributed by atoms with Crippen molar-refractivity contribution >= 4 is 33.9 Å². The first-order valence-electron chi connectivity index (χ1n) is 9.76. The molecule has 0 unspecified atom stereocenters. The Morgan fingerprint density at radius 1 is 1.03 bits per heavy atom. The van der Waals surface area contributed by atoms with Gasteiger partial charge in [-0.15, -0.1) is 0 Å². The fourth-order valence-corrected chi connectivity index (χ4v) is 3.72. The van der Waals surface area contributed by atoms with Crippen molar-refractivity contribution < 1.29 is 19.0 Å². The predicted molar refractivity (Wildman–Crippen MR) is 123 cm³/mol. The van der Waals surface area contributed by atoms with Crippen LogP contribution in [0, 0.1) is 0 Å². The van der Waals surface area contributed by atoms with E-state index in [2.05, 4.69) is 33.1 Å². The molecule has 0 amide bonds. The second-order valence-corrected chi connectivity index (χ2v) is 7.67. The summed E-state index contributed by atoms with van der Waals surface area (Å²) in [5.41, 5.74) is 2.92. The summed E-state index contributed by atoms with van der Waals surface area (Å²) in [5.74, 6) is 0.983. The topological polar surface area (TPSA) is 57.1 Å². The van der Waals surface area contributed by atoms with Gasteiger partial charge in [0.25, 0.3) is 0 Å². The highest BCUT2D eigenvalue weighted by atomic mass is 79.9. The van der Waals surface area contributed by atoms with Crippen LogP contribution < -0.4 is 9.47 Å². The molecule has 1 aliphatic heterocycles. The van der Waals surface area contributed by atoms with Crippen molar-refractivity contribution in [3.05, 3.63) is 99.7 Å². The number of aliphatic imine (C=N–C) groups is 1. The van der Waals surface area contributed by atoms with Crippen LogP contribution in [0.15, 0.2) is 88.0 Å². The van der Waals surface area contributed by atoms with Crippen LogP contribution in [0.1, 0.15) is 16.7 Å². The number of benzene rings is 3. The number of cyclic esters (lactones) is 1. The standard InChI is InChI=1S/C25H20BrNO4/c1-29-22-16-18(14-20(26)23(22)30-13-12-17-8-4-2-5-9-17)15-21-25(28)31-24(27-21)19-10-6-3-7-11-19/h2-11,14-16H,12-13H2,1H3/b21-15-. The highest BCUT2D eigenvalue weighted by Crippen LogP contribution is 2.37. The molecule has 0 fully saturated rings. The molecule has 0 radical (unpaired) electrons. The summed E-state index contributed by atoms with van der Waals surface area (Å²) >= 11 is 3.55. The number of rotatable bonds is 7. The van der Waals surface area contributed by atoms with Crippen LogP contribution in [0.2, 0.25) is 0 Å². The highest BCUT2D eigenvalue weighted by Gasteiger charge is 2.24. The SMILES string of the molecule is COc1cc(/C=C2\N=C(c3ccccc3)OC2=O)cc(Br)c1OCCc1ccccc1. The number of halogens is 1. The molecule has 1 heterocycles. The zero-order chi connectivity index (χ0) is 21.6. The van der Waals surface area contributed by atoms with Crippen molar-refractivity contribution in [1.29, 1.82) is 0 Å². The molecule has 0 aliphatic carbocycles. The molecule has 0 atom stereocenters. The number of nitrogens with zero attached hydrogens (tertiary/aromatic N) is 1. The summed E-state index contributed by atoms with van der Waals surface area (Å²) in [6.45, 7) is 0.510. The Bertz CT molecular complexity index is 1140. The fourth-order valence-electron chi connectivity index (χ4n) is 3.15. The quantitative estimate of drug-likeness (QED) is 0.336. The first-order valence-corrected chi connectivity index (χ1v) is 10.6. The smallest absolute Gasteiger partial charge is 0.363 e. The molecule has 4 rings (SSSR count). The Morgan fingerprint density at radius 2 is 1.74 bits per heavy atom. The maximum atomic E-state index is 12.3. The Kier molecular flexibility index (Phi) is 6.48. The summed E-state index contributed by atoms with van der Waals surface area (Å²) in [7, 11) is 1.58. The highest BCUT2D eigenvalue weighted by molar-refractivity contribution is 9.10. The maximum absolute atomic E-state index is 12.3. The van der Waals surface area contributed by atoms with Gasteiger partial charge in [0.2, 0.25) is 5.90 Å². The first kappa shape index (κ1) is 20.9. The second-order valence-electron chi connectivity index (χ2n) is 6.82. The predicted octanol–water partition coefficient (Wildman–Crippen LogP) is 5.42. The molecule has 1 aliphatic rings. The third kappa shape index (κ3) is 5.03. The lowest BCUT2D eigenvalue weighted by molar-refractivity contribution is -0.129. The zero-order valence-electron chi connectivity index (χ0n) is 16.9. The van der Waals surface area contributed by atoms with Gasteiger partial charge in [0.1, 0.15) is 0 Å². The van der Waals surface area contributed by atoms with E-state index in [-0.39, 0.29) is 5.70 Å². The molecular weight excluding hydrogens is 458 g/mol. The van der Waals surface area contributed by atoms with E-state index in [1.165, 1.54) is 5.56 Å². The second kappa shape index (κ2) is 9.62. The van der Waals surface area contributed by atoms with E-state index in [1.54, 1.807) is 19.3 Å². The van der Waals surface area contributed by atoms with Crippen molar-refractivity contribution in [2.45, 2.75) is 6.42 Å². The lowest BCUT2D eigenvalue weighted by Gasteiger charge is -2.13. The van der Waals surface area contributed by atoms with Crippen LogP contribution >= 0.6 is 15.9 Å². The van der Waals surface area contributed by atoms with Crippen molar-refractivity contribution in [2.24, 2.45) is 4.99 Å². The molecule has 3 aromatic rings. The summed E-state index contributed by atoms with van der Waals surface area (Å²) in [4.78, 5) is 16.6. The third-order valence-corrected chi connectivity index (χ3v) is 5.27. The minimum atomic E-state index is -0.489. The number of esters is 1. The van der Waals surface area contributed by atoms with Gasteiger partial charge in [-0.2, -0.15) is 0 Å². The maximum Gasteiger partial charge on any atom is 0.363 e. The van der Waals surface area contributed by atoms with Gasteiger partial charge >= 0.3 is 5.97 Å². The number of hydrogen-bond acceptors (Lipinski definition) is 5. The van der Waals surface area contributed by atoms with Crippen molar-refractivity contribution in [3.8, 4) is 11.5 Å². The lowest BCUT2D eigenvalue weighted by Crippen LogP contribution is -2.05. The molecule has 5 nitrogen and oxygen atoms in total. The Balaban J connectivity index is 1.53. The Labute approximate surface area is 189 Å². The molecule has 3 aromatic carbocycles. The Morgan fingerprint density at radius 3 is 2.45 bits per heavy atom. The number of carbonyl (C=O) groups excluding carboxylic acids is 1. The van der Waals surface area contributed by atoms with Crippen molar-refractivity contribution in [1.82, 2.24) is 0 Å². The molecule has 6 heteroatoms. The van der Waals surface area contributed by atoms with Gasteiger partial charge in [-0.25, -0.2) is 9.79 Å². The summed E-state index contributed by atoms with van der Waals surface area (Å²) in [5, 5.41) is 0. The van der Waals surface area contributed by atoms with Crippen molar-refractivity contribution in [3.63, 3.8) is 0 Å². The zero-order valence-corrected chi connectivity index (χ0v) is 18.5. The monoisotopic (exact) mass is 477 g/mol. The molecule has 0 aromatic heterocycles. The van der Waals surface area contributed by atoms with E-state index < -0.39 is 5.97 Å². The third-order valence-electron chi connectivity index (χ3n) is 4.68. The lowest BCUT2D eigenvalue weighted by atomic mass is 10.1. The minimum Gasteiger partial charge on any atom is -0.493 e. The van der Waals surface area contributed by atoms with E-state index in [0.717, 1.165) is 22.0 Å². The molecule has 0 spiro atoms.